The minimum atomic E-state index is 0.150. The molecule has 0 aromatic carbocycles. The van der Waals surface area contributed by atoms with Crippen molar-refractivity contribution >= 4 is 35.3 Å². The van der Waals surface area contributed by atoms with Crippen molar-refractivity contribution in [2.45, 2.75) is 12.8 Å². The topological polar surface area (TPSA) is 46.1 Å². The highest BCUT2D eigenvalue weighted by Crippen LogP contribution is 2.31. The zero-order valence-electron chi connectivity index (χ0n) is 7.91. The van der Waals surface area contributed by atoms with E-state index in [1.54, 1.807) is 0 Å². The molecule has 15 heavy (non-hydrogen) atoms. The van der Waals surface area contributed by atoms with Crippen LogP contribution in [0.3, 0.4) is 0 Å². The number of hydrogen-bond acceptors (Lipinski definition) is 4. The van der Waals surface area contributed by atoms with Crippen molar-refractivity contribution in [3.05, 3.63) is 16.0 Å². The molecule has 0 fully saturated rings. The van der Waals surface area contributed by atoms with E-state index in [1.807, 2.05) is 4.90 Å². The average molecular weight is 246 g/mol. The minimum Gasteiger partial charge on any atom is -0.355 e. The molecule has 0 atom stereocenters. The van der Waals surface area contributed by atoms with Crippen LogP contribution in [0.15, 0.2) is 0 Å². The summed E-state index contributed by atoms with van der Waals surface area (Å²) < 4.78 is 0. The number of carbonyl (C=O) groups is 1. The van der Waals surface area contributed by atoms with Gasteiger partial charge in [-0.2, -0.15) is 0 Å². The highest BCUT2D eigenvalue weighted by atomic mass is 35.5. The lowest BCUT2D eigenvalue weighted by Crippen LogP contribution is -2.22. The summed E-state index contributed by atoms with van der Waals surface area (Å²) in [5.41, 5.74) is 0.923. The second kappa shape index (κ2) is 4.33. The van der Waals surface area contributed by atoms with Crippen LogP contribution in [0.25, 0.3) is 0 Å². The molecule has 1 aliphatic heterocycles. The largest absolute Gasteiger partial charge is 0.355 e. The van der Waals surface area contributed by atoms with Crippen molar-refractivity contribution in [2.75, 3.05) is 18.0 Å². The van der Waals surface area contributed by atoms with Gasteiger partial charge in [-0.25, -0.2) is 9.97 Å². The lowest BCUT2D eigenvalue weighted by atomic mass is 10.3. The molecule has 1 aliphatic rings. The Morgan fingerprint density at radius 3 is 2.93 bits per heavy atom. The molecule has 6 heteroatoms. The van der Waals surface area contributed by atoms with Gasteiger partial charge in [-0.05, 0) is 18.0 Å². The van der Waals surface area contributed by atoms with E-state index in [-0.39, 0.29) is 5.28 Å². The van der Waals surface area contributed by atoms with Crippen molar-refractivity contribution in [1.82, 2.24) is 9.97 Å². The fourth-order valence-corrected chi connectivity index (χ4v) is 2.14. The Labute approximate surface area is 97.2 Å². The van der Waals surface area contributed by atoms with Crippen LogP contribution in [0, 0.1) is 0 Å². The quantitative estimate of drug-likeness (QED) is 0.463. The van der Waals surface area contributed by atoms with Crippen LogP contribution in [0.2, 0.25) is 10.4 Å². The van der Waals surface area contributed by atoms with Gasteiger partial charge in [0.1, 0.15) is 17.3 Å². The number of aromatic nitrogens is 2. The Morgan fingerprint density at radius 1 is 1.40 bits per heavy atom. The maximum absolute atomic E-state index is 10.3. The zero-order valence-corrected chi connectivity index (χ0v) is 9.42. The number of anilines is 1. The van der Waals surface area contributed by atoms with E-state index in [4.69, 9.17) is 23.2 Å². The predicted octanol–water partition coefficient (Wildman–Crippen LogP) is 1.73. The van der Waals surface area contributed by atoms with Crippen LogP contribution in [-0.2, 0) is 11.2 Å². The van der Waals surface area contributed by atoms with Crippen LogP contribution < -0.4 is 4.90 Å². The highest BCUT2D eigenvalue weighted by Gasteiger charge is 2.24. The molecule has 2 rings (SSSR count). The summed E-state index contributed by atoms with van der Waals surface area (Å²) in [7, 11) is 0. The van der Waals surface area contributed by atoms with Crippen molar-refractivity contribution in [1.29, 1.82) is 0 Å². The van der Waals surface area contributed by atoms with Crippen LogP contribution in [0.1, 0.15) is 12.0 Å². The SMILES string of the molecule is O=CCCN1CCc2c(Cl)nc(Cl)nc21. The van der Waals surface area contributed by atoms with Crippen LogP contribution in [-0.4, -0.2) is 29.3 Å². The van der Waals surface area contributed by atoms with E-state index in [0.717, 1.165) is 30.6 Å². The summed E-state index contributed by atoms with van der Waals surface area (Å²) in [6, 6.07) is 0. The Hall–Kier alpha value is -0.870. The standard InChI is InChI=1S/C9H9Cl2N3O/c10-7-6-2-4-14(3-1-5-15)8(6)13-9(11)12-7/h5H,1-4H2. The Kier molecular flexibility index (Phi) is 3.07. The second-order valence-electron chi connectivity index (χ2n) is 3.28. The van der Waals surface area contributed by atoms with Gasteiger partial charge in [0.25, 0.3) is 0 Å². The first-order valence-corrected chi connectivity index (χ1v) is 5.38. The number of aldehydes is 1. The highest BCUT2D eigenvalue weighted by molar-refractivity contribution is 6.32. The second-order valence-corrected chi connectivity index (χ2v) is 3.97. The van der Waals surface area contributed by atoms with Gasteiger partial charge in [0.2, 0.25) is 5.28 Å². The van der Waals surface area contributed by atoms with Crippen LogP contribution in [0.5, 0.6) is 0 Å². The van der Waals surface area contributed by atoms with E-state index in [2.05, 4.69) is 9.97 Å². The van der Waals surface area contributed by atoms with E-state index in [0.29, 0.717) is 18.1 Å². The molecule has 0 radical (unpaired) electrons. The van der Waals surface area contributed by atoms with Crippen molar-refractivity contribution in [2.24, 2.45) is 0 Å². The third-order valence-electron chi connectivity index (χ3n) is 2.36. The van der Waals surface area contributed by atoms with Gasteiger partial charge in [0.05, 0.1) is 0 Å². The molecule has 0 saturated heterocycles. The number of hydrogen-bond donors (Lipinski definition) is 0. The summed E-state index contributed by atoms with van der Waals surface area (Å²) in [6.07, 6.45) is 2.19. The van der Waals surface area contributed by atoms with Crippen molar-refractivity contribution in [3.8, 4) is 0 Å². The van der Waals surface area contributed by atoms with Gasteiger partial charge in [0.15, 0.2) is 0 Å². The number of carbonyl (C=O) groups excluding carboxylic acids is 1. The predicted molar refractivity (Wildman–Crippen MR) is 58.7 cm³/mol. The fraction of sp³-hybridized carbons (Fsp3) is 0.444. The molecular weight excluding hydrogens is 237 g/mol. The molecule has 4 nitrogen and oxygen atoms in total. The first kappa shape index (κ1) is 10.6. The molecule has 0 aliphatic carbocycles. The summed E-state index contributed by atoms with van der Waals surface area (Å²) in [6.45, 7) is 1.47. The monoisotopic (exact) mass is 245 g/mol. The molecule has 0 unspecified atom stereocenters. The number of nitrogens with zero attached hydrogens (tertiary/aromatic N) is 3. The van der Waals surface area contributed by atoms with Gasteiger partial charge in [-0.3, -0.25) is 0 Å². The summed E-state index contributed by atoms with van der Waals surface area (Å²) in [4.78, 5) is 20.3. The summed E-state index contributed by atoms with van der Waals surface area (Å²) in [5, 5.41) is 0.565. The molecule has 0 saturated carbocycles. The van der Waals surface area contributed by atoms with E-state index in [9.17, 15) is 4.79 Å². The van der Waals surface area contributed by atoms with Crippen LogP contribution >= 0.6 is 23.2 Å². The maximum atomic E-state index is 10.3. The maximum Gasteiger partial charge on any atom is 0.225 e. The Morgan fingerprint density at radius 2 is 2.20 bits per heavy atom. The zero-order chi connectivity index (χ0) is 10.8. The van der Waals surface area contributed by atoms with Crippen molar-refractivity contribution < 1.29 is 4.79 Å². The van der Waals surface area contributed by atoms with Gasteiger partial charge < -0.3 is 9.69 Å². The Bertz CT molecular complexity index is 397. The third kappa shape index (κ3) is 2.06. The molecule has 0 N–H and O–H groups in total. The fourth-order valence-electron chi connectivity index (χ4n) is 1.68. The van der Waals surface area contributed by atoms with Crippen LogP contribution in [0.4, 0.5) is 5.82 Å². The van der Waals surface area contributed by atoms with Crippen molar-refractivity contribution in [3.63, 3.8) is 0 Å². The minimum absolute atomic E-state index is 0.150. The number of rotatable bonds is 3. The van der Waals surface area contributed by atoms with Gasteiger partial charge in [-0.15, -0.1) is 0 Å². The van der Waals surface area contributed by atoms with Gasteiger partial charge >= 0.3 is 0 Å². The number of halogens is 2. The molecule has 0 spiro atoms. The molecule has 0 amide bonds. The number of fused-ring (bicyclic) bond motifs is 1. The van der Waals surface area contributed by atoms with Gasteiger partial charge in [0, 0.05) is 25.1 Å². The Balaban J connectivity index is 2.29. The first-order chi connectivity index (χ1) is 7.22. The van der Waals surface area contributed by atoms with E-state index < -0.39 is 0 Å². The molecule has 1 aromatic rings. The van der Waals surface area contributed by atoms with Gasteiger partial charge in [-0.1, -0.05) is 11.6 Å². The third-order valence-corrected chi connectivity index (χ3v) is 2.84. The molecule has 2 heterocycles. The van der Waals surface area contributed by atoms with E-state index >= 15 is 0 Å². The smallest absolute Gasteiger partial charge is 0.225 e. The molecular formula is C9H9Cl2N3O. The lowest BCUT2D eigenvalue weighted by Gasteiger charge is -2.16. The first-order valence-electron chi connectivity index (χ1n) is 4.63. The summed E-state index contributed by atoms with van der Waals surface area (Å²) in [5.74, 6) is 0.766. The lowest BCUT2D eigenvalue weighted by molar-refractivity contribution is -0.107. The molecule has 1 aromatic heterocycles. The van der Waals surface area contributed by atoms with E-state index in [1.165, 1.54) is 0 Å². The molecule has 0 bridgehead atoms. The molecule has 80 valence electrons. The summed E-state index contributed by atoms with van der Waals surface area (Å²) >= 11 is 11.7. The normalized spacial score (nSPS) is 14.1. The average Bonchev–Trinajstić information content (AvgIpc) is 2.58.